The summed E-state index contributed by atoms with van der Waals surface area (Å²) in [6.07, 6.45) is 10.9. The fourth-order valence-electron chi connectivity index (χ4n) is 4.80. The van der Waals surface area contributed by atoms with Crippen LogP contribution in [-0.4, -0.2) is 3.21 Å². The monoisotopic (exact) mass is 608 g/mol. The van der Waals surface area contributed by atoms with E-state index in [1.807, 2.05) is 6.08 Å². The number of benzene rings is 4. The summed E-state index contributed by atoms with van der Waals surface area (Å²) < 4.78 is 1.51. The summed E-state index contributed by atoms with van der Waals surface area (Å²) in [5.74, 6) is 0. The number of fused-ring (bicyclic) bond motifs is 6. The fourth-order valence-corrected chi connectivity index (χ4v) is 4.80. The van der Waals surface area contributed by atoms with Gasteiger partial charge < -0.3 is 24.8 Å². The van der Waals surface area contributed by atoms with Crippen LogP contribution in [0.1, 0.15) is 25.0 Å². The molecule has 0 aliphatic heterocycles. The quantitative estimate of drug-likeness (QED) is 0.256. The van der Waals surface area contributed by atoms with Gasteiger partial charge in [-0.25, -0.2) is 0 Å². The Morgan fingerprint density at radius 3 is 2.32 bits per heavy atom. The molecule has 3 heteroatoms. The molecule has 5 aromatic carbocycles. The molecule has 2 aliphatic rings. The van der Waals surface area contributed by atoms with Crippen molar-refractivity contribution in [1.29, 1.82) is 0 Å². The van der Waals surface area contributed by atoms with Crippen LogP contribution in [0.5, 0.6) is 0 Å². The van der Waals surface area contributed by atoms with Crippen molar-refractivity contribution < 1.29 is 49.0 Å². The number of hydrogen-bond acceptors (Lipinski definition) is 0. The molecule has 0 fully saturated rings. The van der Waals surface area contributed by atoms with Gasteiger partial charge in [0.1, 0.15) is 0 Å². The second-order valence-electron chi connectivity index (χ2n) is 9.24. The maximum absolute atomic E-state index is 3.37. The van der Waals surface area contributed by atoms with Crippen LogP contribution in [0.15, 0.2) is 127 Å². The van der Waals surface area contributed by atoms with Gasteiger partial charge >= 0.3 is 41.3 Å². The minimum atomic E-state index is 0. The Hall–Kier alpha value is -2.70. The van der Waals surface area contributed by atoms with Crippen molar-refractivity contribution in [1.82, 2.24) is 0 Å². The van der Waals surface area contributed by atoms with Gasteiger partial charge in [-0.05, 0) is 17.4 Å². The van der Waals surface area contributed by atoms with E-state index < -0.39 is 0 Å². The van der Waals surface area contributed by atoms with Gasteiger partial charge in [-0.15, -0.1) is 52.3 Å². The summed E-state index contributed by atoms with van der Waals surface area (Å²) in [7, 11) is 0. The molecule has 0 spiro atoms. The normalized spacial score (nSPS) is 12.3. The van der Waals surface area contributed by atoms with Crippen molar-refractivity contribution in [2.24, 2.45) is 0 Å². The molecular formula is C35H28Cl2Zr-2. The van der Waals surface area contributed by atoms with Crippen LogP contribution < -0.4 is 24.8 Å². The summed E-state index contributed by atoms with van der Waals surface area (Å²) in [6.45, 7) is 4.25. The number of hydrogen-bond donors (Lipinski definition) is 0. The summed E-state index contributed by atoms with van der Waals surface area (Å²) in [5.41, 5.74) is 7.99. The molecule has 5 aromatic rings. The Labute approximate surface area is 253 Å². The van der Waals surface area contributed by atoms with E-state index in [-0.39, 0.29) is 24.8 Å². The van der Waals surface area contributed by atoms with Gasteiger partial charge in [0.25, 0.3) is 0 Å². The smallest absolute Gasteiger partial charge is 0.0263 e. The van der Waals surface area contributed by atoms with Crippen LogP contribution in [-0.2, 0) is 30.7 Å². The van der Waals surface area contributed by atoms with Crippen LogP contribution in [0, 0.1) is 6.08 Å². The third-order valence-corrected chi connectivity index (χ3v) is 6.35. The molecule has 0 saturated carbocycles. The summed E-state index contributed by atoms with van der Waals surface area (Å²) in [4.78, 5) is 0. The fraction of sp³-hybridized carbons (Fsp3) is 0.0857. The summed E-state index contributed by atoms with van der Waals surface area (Å²) in [6, 6.07) is 36.5. The molecular weight excluding hydrogens is 583 g/mol. The van der Waals surface area contributed by atoms with Crippen molar-refractivity contribution >= 4 is 30.3 Å². The average Bonchev–Trinajstić information content (AvgIpc) is 3.58. The first-order valence-electron chi connectivity index (χ1n) is 12.3. The number of rotatable bonds is 1. The van der Waals surface area contributed by atoms with Gasteiger partial charge in [0, 0.05) is 0 Å². The molecule has 0 amide bonds. The van der Waals surface area contributed by atoms with Gasteiger partial charge in [-0.1, -0.05) is 94.9 Å². The topological polar surface area (TPSA) is 0 Å². The van der Waals surface area contributed by atoms with Crippen LogP contribution in [0.4, 0.5) is 0 Å². The zero-order valence-corrected chi connectivity index (χ0v) is 25.5. The molecule has 0 bridgehead atoms. The molecule has 0 saturated heterocycles. The van der Waals surface area contributed by atoms with Gasteiger partial charge in [0.2, 0.25) is 0 Å². The van der Waals surface area contributed by atoms with Crippen molar-refractivity contribution in [2.45, 2.75) is 20.3 Å². The molecule has 0 atom stereocenters. The van der Waals surface area contributed by atoms with E-state index in [1.165, 1.54) is 58.2 Å². The second kappa shape index (κ2) is 13.9. The van der Waals surface area contributed by atoms with Crippen molar-refractivity contribution in [3.63, 3.8) is 0 Å². The zero-order valence-electron chi connectivity index (χ0n) is 21.5. The summed E-state index contributed by atoms with van der Waals surface area (Å²) in [5, 5.41) is 5.32. The third kappa shape index (κ3) is 6.65. The number of halogens is 2. The van der Waals surface area contributed by atoms with E-state index in [0.717, 1.165) is 6.42 Å². The first kappa shape index (κ1) is 29.9. The summed E-state index contributed by atoms with van der Waals surface area (Å²) >= 11 is 1.55. The predicted molar refractivity (Wildman–Crippen MR) is 153 cm³/mol. The van der Waals surface area contributed by atoms with E-state index in [4.69, 9.17) is 0 Å². The number of allylic oxidation sites excluding steroid dienone is 6. The van der Waals surface area contributed by atoms with Crippen molar-refractivity contribution in [3.05, 3.63) is 144 Å². The van der Waals surface area contributed by atoms with Crippen LogP contribution in [0.2, 0.25) is 0 Å². The van der Waals surface area contributed by atoms with Gasteiger partial charge in [-0.3, -0.25) is 0 Å². The maximum atomic E-state index is 3.37. The minimum absolute atomic E-state index is 0. The molecule has 2 aliphatic carbocycles. The van der Waals surface area contributed by atoms with Crippen LogP contribution >= 0.6 is 0 Å². The van der Waals surface area contributed by atoms with Gasteiger partial charge in [0.15, 0.2) is 0 Å². The first-order chi connectivity index (χ1) is 17.6. The third-order valence-electron chi connectivity index (χ3n) is 6.35. The Morgan fingerprint density at radius 2 is 1.53 bits per heavy atom. The Morgan fingerprint density at radius 1 is 0.789 bits per heavy atom. The van der Waals surface area contributed by atoms with Crippen molar-refractivity contribution in [3.8, 4) is 11.1 Å². The first-order valence-corrected chi connectivity index (χ1v) is 13.6. The maximum Gasteiger partial charge on any atom is -0.0263 e. The SMILES string of the molecule is C[C](C)=[Zr+2].[C-]1=C2C(=CCc3ccc4ccccc4c32)C=C1.[Cl-].[Cl-].c1ccc(-c2cccc3[cH-]ccc23)cc1. The van der Waals surface area contributed by atoms with E-state index in [9.17, 15) is 0 Å². The Kier molecular flexibility index (Phi) is 10.9. The van der Waals surface area contributed by atoms with Crippen LogP contribution in [0.25, 0.3) is 38.2 Å². The van der Waals surface area contributed by atoms with Gasteiger partial charge in [-0.2, -0.15) is 24.3 Å². The van der Waals surface area contributed by atoms with E-state index in [0.29, 0.717) is 0 Å². The van der Waals surface area contributed by atoms with Gasteiger partial charge in [0.05, 0.1) is 0 Å². The van der Waals surface area contributed by atoms with E-state index in [1.54, 1.807) is 24.2 Å². The molecule has 0 nitrogen and oxygen atoms in total. The zero-order chi connectivity index (χ0) is 24.9. The molecule has 0 aromatic heterocycles. The largest absolute Gasteiger partial charge is 1.00 e. The molecule has 0 N–H and O–H groups in total. The molecule has 7 rings (SSSR count). The predicted octanol–water partition coefficient (Wildman–Crippen LogP) is 3.06. The molecule has 0 radical (unpaired) electrons. The van der Waals surface area contributed by atoms with Crippen molar-refractivity contribution in [2.75, 3.05) is 0 Å². The van der Waals surface area contributed by atoms with Crippen LogP contribution in [0.3, 0.4) is 0 Å². The molecule has 38 heavy (non-hydrogen) atoms. The molecule has 188 valence electrons. The standard InChI is InChI=1S/C17H11.C15H11.C3H6.2ClH.Zr/c1-2-6-15-12(4-1)8-10-14-11-9-13-5-3-7-16(13)17(14)15;1-2-6-12(7-3-1)14-10-4-8-13-9-5-11-15(13)14;1-3-2;;;/h1-6,8-10H,11H2;1-11H;1-2H3;2*1H;/q2*-1;;;;+2/p-2. The Bertz CT molecular complexity index is 1630. The molecule has 0 heterocycles. The minimum Gasteiger partial charge on any atom is -1.00 e. The molecule has 0 unspecified atom stereocenters. The Balaban J connectivity index is 0.000000178. The van der Waals surface area contributed by atoms with E-state index >= 15 is 0 Å². The second-order valence-corrected chi connectivity index (χ2v) is 11.7. The average molecular weight is 611 g/mol. The van der Waals surface area contributed by atoms with E-state index in [2.05, 4.69) is 135 Å².